The Labute approximate surface area is 242 Å². The van der Waals surface area contributed by atoms with E-state index in [9.17, 15) is 9.18 Å². The number of benzene rings is 4. The van der Waals surface area contributed by atoms with Gasteiger partial charge in [-0.05, 0) is 60.9 Å². The number of halogens is 1. The van der Waals surface area contributed by atoms with Crippen molar-refractivity contribution in [3.63, 3.8) is 0 Å². The molecular weight excluding hydrogens is 540 g/mol. The Morgan fingerprint density at radius 2 is 1.50 bits per heavy atom. The van der Waals surface area contributed by atoms with Crippen LogP contribution in [0.4, 0.5) is 4.39 Å². The predicted molar refractivity (Wildman–Crippen MR) is 160 cm³/mol. The summed E-state index contributed by atoms with van der Waals surface area (Å²) >= 11 is 3.03. The summed E-state index contributed by atoms with van der Waals surface area (Å²) in [5.41, 5.74) is 4.13. The number of amides is 1. The molecule has 0 bridgehead atoms. The van der Waals surface area contributed by atoms with Crippen LogP contribution in [0.3, 0.4) is 0 Å². The highest BCUT2D eigenvalue weighted by Gasteiger charge is 2.25. The molecule has 1 N–H and O–H groups in total. The Morgan fingerprint density at radius 3 is 2.20 bits per heavy atom. The van der Waals surface area contributed by atoms with E-state index in [0.717, 1.165) is 27.3 Å². The lowest BCUT2D eigenvalue weighted by molar-refractivity contribution is -0.119. The van der Waals surface area contributed by atoms with Crippen molar-refractivity contribution in [3.8, 4) is 5.69 Å². The Morgan fingerprint density at radius 1 is 0.825 bits per heavy atom. The molecule has 202 valence electrons. The zero-order valence-corrected chi connectivity index (χ0v) is 23.7. The quantitative estimate of drug-likeness (QED) is 0.171. The lowest BCUT2D eigenvalue weighted by atomic mass is 10.0. The van der Waals surface area contributed by atoms with Crippen molar-refractivity contribution < 1.29 is 9.18 Å². The maximum Gasteiger partial charge on any atom is 0.230 e. The maximum absolute atomic E-state index is 13.4. The van der Waals surface area contributed by atoms with Crippen molar-refractivity contribution in [1.82, 2.24) is 20.1 Å². The first-order valence-corrected chi connectivity index (χ1v) is 14.9. The molecule has 0 aliphatic rings. The molecule has 5 rings (SSSR count). The van der Waals surface area contributed by atoms with Crippen molar-refractivity contribution in [2.24, 2.45) is 0 Å². The zero-order valence-electron chi connectivity index (χ0n) is 22.0. The van der Waals surface area contributed by atoms with Gasteiger partial charge >= 0.3 is 0 Å². The summed E-state index contributed by atoms with van der Waals surface area (Å²) in [5.74, 6) is 1.22. The van der Waals surface area contributed by atoms with Crippen LogP contribution in [0, 0.1) is 12.7 Å². The van der Waals surface area contributed by atoms with Gasteiger partial charge in [-0.15, -0.1) is 22.0 Å². The van der Waals surface area contributed by atoms with E-state index in [1.807, 2.05) is 72.2 Å². The largest absolute Gasteiger partial charge is 0.345 e. The molecule has 4 aromatic carbocycles. The average Bonchev–Trinajstić information content (AvgIpc) is 3.41. The summed E-state index contributed by atoms with van der Waals surface area (Å²) in [4.78, 5) is 14.2. The number of carbonyl (C=O) groups excluding carboxylic acids is 1. The van der Waals surface area contributed by atoms with Gasteiger partial charge in [0, 0.05) is 16.3 Å². The SMILES string of the molecule is Cc1ccc(-n2c(SCc3ccc(F)cc3)nnc2C(Cc2ccccc2)NC(=O)CSc2ccccc2)cc1. The van der Waals surface area contributed by atoms with Crippen LogP contribution >= 0.6 is 23.5 Å². The monoisotopic (exact) mass is 568 g/mol. The highest BCUT2D eigenvalue weighted by atomic mass is 32.2. The Kier molecular flexibility index (Phi) is 9.31. The minimum Gasteiger partial charge on any atom is -0.345 e. The van der Waals surface area contributed by atoms with Crippen LogP contribution in [0.25, 0.3) is 5.69 Å². The number of aromatic nitrogens is 3. The van der Waals surface area contributed by atoms with Gasteiger partial charge in [0.1, 0.15) is 5.82 Å². The van der Waals surface area contributed by atoms with Crippen molar-refractivity contribution in [1.29, 1.82) is 0 Å². The van der Waals surface area contributed by atoms with Gasteiger partial charge < -0.3 is 5.32 Å². The first-order valence-electron chi connectivity index (χ1n) is 13.0. The van der Waals surface area contributed by atoms with Crippen molar-refractivity contribution in [2.75, 3.05) is 5.75 Å². The van der Waals surface area contributed by atoms with Crippen molar-refractivity contribution in [2.45, 2.75) is 35.2 Å². The third-order valence-electron chi connectivity index (χ3n) is 6.27. The van der Waals surface area contributed by atoms with E-state index >= 15 is 0 Å². The topological polar surface area (TPSA) is 59.8 Å². The van der Waals surface area contributed by atoms with E-state index in [1.54, 1.807) is 12.1 Å². The van der Waals surface area contributed by atoms with Crippen LogP contribution in [0.5, 0.6) is 0 Å². The summed E-state index contributed by atoms with van der Waals surface area (Å²) < 4.78 is 15.4. The van der Waals surface area contributed by atoms with E-state index in [0.29, 0.717) is 28.9 Å². The van der Waals surface area contributed by atoms with Gasteiger partial charge in [0.2, 0.25) is 5.91 Å². The minimum absolute atomic E-state index is 0.0752. The fourth-order valence-electron chi connectivity index (χ4n) is 4.22. The molecule has 0 aliphatic carbocycles. The second-order valence-electron chi connectivity index (χ2n) is 9.34. The molecule has 1 atom stereocenters. The maximum atomic E-state index is 13.4. The molecule has 1 heterocycles. The molecule has 0 aliphatic heterocycles. The number of hydrogen-bond donors (Lipinski definition) is 1. The lowest BCUT2D eigenvalue weighted by Crippen LogP contribution is -2.33. The second-order valence-corrected chi connectivity index (χ2v) is 11.3. The van der Waals surface area contributed by atoms with Crippen LogP contribution in [0.2, 0.25) is 0 Å². The Balaban J connectivity index is 1.45. The molecule has 0 radical (unpaired) electrons. The summed E-state index contributed by atoms with van der Waals surface area (Å²) in [6.45, 7) is 2.05. The molecule has 40 heavy (non-hydrogen) atoms. The average molecular weight is 569 g/mol. The molecular formula is C32H29FN4OS2. The van der Waals surface area contributed by atoms with Gasteiger partial charge in [-0.25, -0.2) is 4.39 Å². The highest BCUT2D eigenvalue weighted by molar-refractivity contribution is 8.00. The highest BCUT2D eigenvalue weighted by Crippen LogP contribution is 2.29. The fourth-order valence-corrected chi connectivity index (χ4v) is 5.87. The normalized spacial score (nSPS) is 11.8. The van der Waals surface area contributed by atoms with E-state index in [1.165, 1.54) is 35.7 Å². The van der Waals surface area contributed by atoms with E-state index in [4.69, 9.17) is 0 Å². The number of nitrogens with zero attached hydrogens (tertiary/aromatic N) is 3. The summed E-state index contributed by atoms with van der Waals surface area (Å²) in [7, 11) is 0. The number of thioether (sulfide) groups is 2. The van der Waals surface area contributed by atoms with Gasteiger partial charge in [0.05, 0.1) is 11.8 Å². The van der Waals surface area contributed by atoms with Crippen LogP contribution in [-0.2, 0) is 17.0 Å². The molecule has 0 spiro atoms. The molecule has 0 fully saturated rings. The van der Waals surface area contributed by atoms with E-state index in [-0.39, 0.29) is 11.7 Å². The first kappa shape index (κ1) is 27.7. The van der Waals surface area contributed by atoms with Gasteiger partial charge in [0.15, 0.2) is 11.0 Å². The third kappa shape index (κ3) is 7.40. The number of carbonyl (C=O) groups is 1. The van der Waals surface area contributed by atoms with Crippen LogP contribution in [0.1, 0.15) is 28.6 Å². The third-order valence-corrected chi connectivity index (χ3v) is 8.29. The van der Waals surface area contributed by atoms with Crippen molar-refractivity contribution in [3.05, 3.63) is 138 Å². The van der Waals surface area contributed by atoms with Gasteiger partial charge in [-0.3, -0.25) is 9.36 Å². The minimum atomic E-state index is -0.403. The smallest absolute Gasteiger partial charge is 0.230 e. The lowest BCUT2D eigenvalue weighted by Gasteiger charge is -2.20. The van der Waals surface area contributed by atoms with Crippen LogP contribution in [-0.4, -0.2) is 26.4 Å². The van der Waals surface area contributed by atoms with Crippen LogP contribution in [0.15, 0.2) is 119 Å². The molecule has 1 aromatic heterocycles. The van der Waals surface area contributed by atoms with E-state index in [2.05, 4.69) is 39.8 Å². The van der Waals surface area contributed by atoms with Gasteiger partial charge in [0.25, 0.3) is 0 Å². The predicted octanol–water partition coefficient (Wildman–Crippen LogP) is 7.20. The number of rotatable bonds is 11. The standard InChI is InChI=1S/C32H29FN4OS2/c1-23-12-18-27(19-13-23)37-31(35-36-32(37)40-21-25-14-16-26(33)17-15-25)29(20-24-8-4-2-5-9-24)34-30(38)22-39-28-10-6-3-7-11-28/h2-19,29H,20-22H2,1H3,(H,34,38). The number of nitrogens with one attached hydrogen (secondary N) is 1. The van der Waals surface area contributed by atoms with E-state index < -0.39 is 6.04 Å². The molecule has 0 saturated carbocycles. The first-order chi connectivity index (χ1) is 19.5. The van der Waals surface area contributed by atoms with Crippen molar-refractivity contribution >= 4 is 29.4 Å². The second kappa shape index (κ2) is 13.5. The Bertz CT molecular complexity index is 1530. The summed E-state index contributed by atoms with van der Waals surface area (Å²) in [6, 6.07) is 34.2. The zero-order chi connectivity index (χ0) is 27.7. The molecule has 5 aromatic rings. The summed E-state index contributed by atoms with van der Waals surface area (Å²) in [6.07, 6.45) is 0.565. The molecule has 0 saturated heterocycles. The molecule has 1 amide bonds. The number of aryl methyl sites for hydroxylation is 1. The molecule has 5 nitrogen and oxygen atoms in total. The Hall–Kier alpha value is -3.88. The number of hydrogen-bond acceptors (Lipinski definition) is 5. The van der Waals surface area contributed by atoms with Gasteiger partial charge in [-0.2, -0.15) is 0 Å². The van der Waals surface area contributed by atoms with Gasteiger partial charge in [-0.1, -0.05) is 90.1 Å². The fraction of sp³-hybridized carbons (Fsp3) is 0.156. The molecule has 1 unspecified atom stereocenters. The summed E-state index contributed by atoms with van der Waals surface area (Å²) in [5, 5.41) is 13.1. The molecule has 8 heteroatoms. The van der Waals surface area contributed by atoms with Crippen LogP contribution < -0.4 is 5.32 Å².